The van der Waals surface area contributed by atoms with Gasteiger partial charge in [-0.3, -0.25) is 4.79 Å². The standard InChI is InChI=1S/C13H15BrN2O/c1-15-13(17)3-2-7-16-8-6-10-4-5-11(14)9-12(10)16/h4-6,8-9H,2-3,7H2,1H3,(H,15,17). The fourth-order valence-corrected chi connectivity index (χ4v) is 2.24. The van der Waals surface area contributed by atoms with E-state index in [-0.39, 0.29) is 5.91 Å². The van der Waals surface area contributed by atoms with Gasteiger partial charge in [-0.2, -0.15) is 0 Å². The molecule has 2 aromatic rings. The van der Waals surface area contributed by atoms with E-state index in [1.54, 1.807) is 7.05 Å². The number of nitrogens with one attached hydrogen (secondary N) is 1. The number of rotatable bonds is 4. The lowest BCUT2D eigenvalue weighted by Gasteiger charge is -2.05. The fraction of sp³-hybridized carbons (Fsp3) is 0.308. The molecular weight excluding hydrogens is 280 g/mol. The first-order valence-corrected chi connectivity index (χ1v) is 6.45. The number of hydrogen-bond acceptors (Lipinski definition) is 1. The maximum Gasteiger partial charge on any atom is 0.219 e. The summed E-state index contributed by atoms with van der Waals surface area (Å²) in [7, 11) is 1.67. The Labute approximate surface area is 109 Å². The van der Waals surface area contributed by atoms with Gasteiger partial charge in [0.25, 0.3) is 0 Å². The minimum Gasteiger partial charge on any atom is -0.359 e. The van der Waals surface area contributed by atoms with Gasteiger partial charge in [0.1, 0.15) is 0 Å². The molecular formula is C13H15BrN2O. The van der Waals surface area contributed by atoms with Crippen LogP contribution in [0.2, 0.25) is 0 Å². The second-order valence-electron chi connectivity index (χ2n) is 3.99. The Kier molecular flexibility index (Phi) is 3.84. The van der Waals surface area contributed by atoms with Crippen molar-refractivity contribution >= 4 is 32.7 Å². The van der Waals surface area contributed by atoms with Crippen LogP contribution in [0.4, 0.5) is 0 Å². The number of halogens is 1. The average Bonchev–Trinajstić information content (AvgIpc) is 2.72. The zero-order valence-electron chi connectivity index (χ0n) is 9.74. The molecule has 0 aliphatic carbocycles. The van der Waals surface area contributed by atoms with E-state index in [1.807, 2.05) is 6.07 Å². The van der Waals surface area contributed by atoms with E-state index in [0.717, 1.165) is 17.4 Å². The van der Waals surface area contributed by atoms with E-state index in [1.165, 1.54) is 10.9 Å². The molecule has 1 N–H and O–H groups in total. The zero-order valence-corrected chi connectivity index (χ0v) is 11.3. The maximum atomic E-state index is 11.1. The molecule has 17 heavy (non-hydrogen) atoms. The Balaban J connectivity index is 2.08. The molecule has 1 aromatic carbocycles. The highest BCUT2D eigenvalue weighted by Crippen LogP contribution is 2.21. The van der Waals surface area contributed by atoms with Gasteiger partial charge < -0.3 is 9.88 Å². The molecule has 1 aromatic heterocycles. The van der Waals surface area contributed by atoms with Crippen LogP contribution < -0.4 is 5.32 Å². The Hall–Kier alpha value is -1.29. The SMILES string of the molecule is CNC(=O)CCCn1ccc2ccc(Br)cc21. The molecule has 0 atom stereocenters. The number of aryl methyl sites for hydroxylation is 1. The van der Waals surface area contributed by atoms with E-state index in [4.69, 9.17) is 0 Å². The molecule has 4 heteroatoms. The smallest absolute Gasteiger partial charge is 0.219 e. The van der Waals surface area contributed by atoms with Crippen molar-refractivity contribution in [3.63, 3.8) is 0 Å². The maximum absolute atomic E-state index is 11.1. The van der Waals surface area contributed by atoms with Crippen LogP contribution in [0, 0.1) is 0 Å². The van der Waals surface area contributed by atoms with Crippen molar-refractivity contribution in [1.82, 2.24) is 9.88 Å². The van der Waals surface area contributed by atoms with Crippen LogP contribution in [0.3, 0.4) is 0 Å². The van der Waals surface area contributed by atoms with Crippen LogP contribution in [0.25, 0.3) is 10.9 Å². The molecule has 3 nitrogen and oxygen atoms in total. The summed E-state index contributed by atoms with van der Waals surface area (Å²) in [5, 5.41) is 3.87. The summed E-state index contributed by atoms with van der Waals surface area (Å²) in [6.07, 6.45) is 3.50. The van der Waals surface area contributed by atoms with Crippen molar-refractivity contribution in [3.8, 4) is 0 Å². The normalized spacial score (nSPS) is 10.7. The van der Waals surface area contributed by atoms with Gasteiger partial charge in [-0.05, 0) is 30.0 Å². The second kappa shape index (κ2) is 5.36. The lowest BCUT2D eigenvalue weighted by atomic mass is 10.2. The van der Waals surface area contributed by atoms with Gasteiger partial charge in [0.2, 0.25) is 5.91 Å². The van der Waals surface area contributed by atoms with Gasteiger partial charge in [0.15, 0.2) is 0 Å². The van der Waals surface area contributed by atoms with E-state index in [9.17, 15) is 4.79 Å². The quantitative estimate of drug-likeness (QED) is 0.924. The molecule has 90 valence electrons. The highest BCUT2D eigenvalue weighted by Gasteiger charge is 2.03. The largest absolute Gasteiger partial charge is 0.359 e. The first-order valence-electron chi connectivity index (χ1n) is 5.65. The molecule has 0 spiro atoms. The number of aromatic nitrogens is 1. The number of nitrogens with zero attached hydrogens (tertiary/aromatic N) is 1. The monoisotopic (exact) mass is 294 g/mol. The summed E-state index contributed by atoms with van der Waals surface area (Å²) in [5.41, 5.74) is 1.20. The molecule has 0 aliphatic heterocycles. The van der Waals surface area contributed by atoms with Gasteiger partial charge in [-0.15, -0.1) is 0 Å². The van der Waals surface area contributed by atoms with E-state index < -0.39 is 0 Å². The lowest BCUT2D eigenvalue weighted by Crippen LogP contribution is -2.17. The van der Waals surface area contributed by atoms with Crippen LogP contribution in [0.5, 0.6) is 0 Å². The minimum atomic E-state index is 0.0997. The number of hydrogen-bond donors (Lipinski definition) is 1. The highest BCUT2D eigenvalue weighted by molar-refractivity contribution is 9.10. The van der Waals surface area contributed by atoms with Crippen molar-refractivity contribution in [2.45, 2.75) is 19.4 Å². The first kappa shape index (κ1) is 12.2. The molecule has 0 fully saturated rings. The Morgan fingerprint density at radius 1 is 1.41 bits per heavy atom. The van der Waals surface area contributed by atoms with E-state index in [2.05, 4.69) is 50.2 Å². The average molecular weight is 295 g/mol. The molecule has 0 radical (unpaired) electrons. The summed E-state index contributed by atoms with van der Waals surface area (Å²) in [4.78, 5) is 11.1. The predicted octanol–water partition coefficient (Wildman–Crippen LogP) is 2.93. The zero-order chi connectivity index (χ0) is 12.3. The van der Waals surface area contributed by atoms with Crippen molar-refractivity contribution in [2.75, 3.05) is 7.05 Å². The van der Waals surface area contributed by atoms with E-state index >= 15 is 0 Å². The number of carbonyl (C=O) groups is 1. The third-order valence-corrected chi connectivity index (χ3v) is 3.31. The van der Waals surface area contributed by atoms with Gasteiger partial charge >= 0.3 is 0 Å². The fourth-order valence-electron chi connectivity index (χ4n) is 1.89. The van der Waals surface area contributed by atoms with Crippen LogP contribution in [-0.4, -0.2) is 17.5 Å². The van der Waals surface area contributed by atoms with Crippen LogP contribution in [0.15, 0.2) is 34.9 Å². The first-order chi connectivity index (χ1) is 8.20. The summed E-state index contributed by atoms with van der Waals surface area (Å²) in [5.74, 6) is 0.0997. The van der Waals surface area contributed by atoms with Crippen molar-refractivity contribution in [1.29, 1.82) is 0 Å². The highest BCUT2D eigenvalue weighted by atomic mass is 79.9. The topological polar surface area (TPSA) is 34.0 Å². The molecule has 0 saturated heterocycles. The molecule has 0 bridgehead atoms. The van der Waals surface area contributed by atoms with Gasteiger partial charge in [-0.1, -0.05) is 22.0 Å². The van der Waals surface area contributed by atoms with Crippen LogP contribution in [0.1, 0.15) is 12.8 Å². The van der Waals surface area contributed by atoms with Crippen molar-refractivity contribution in [3.05, 3.63) is 34.9 Å². The van der Waals surface area contributed by atoms with Gasteiger partial charge in [0.05, 0.1) is 0 Å². The van der Waals surface area contributed by atoms with Crippen molar-refractivity contribution < 1.29 is 4.79 Å². The van der Waals surface area contributed by atoms with Gasteiger partial charge in [0, 0.05) is 36.2 Å². The molecule has 1 amide bonds. The van der Waals surface area contributed by atoms with E-state index in [0.29, 0.717) is 6.42 Å². The summed E-state index contributed by atoms with van der Waals surface area (Å²) in [6.45, 7) is 0.868. The summed E-state index contributed by atoms with van der Waals surface area (Å²) >= 11 is 3.48. The van der Waals surface area contributed by atoms with Crippen LogP contribution in [-0.2, 0) is 11.3 Å². The predicted molar refractivity (Wildman–Crippen MR) is 72.9 cm³/mol. The Morgan fingerprint density at radius 2 is 2.24 bits per heavy atom. The number of fused-ring (bicyclic) bond motifs is 1. The molecule has 1 heterocycles. The summed E-state index contributed by atoms with van der Waals surface area (Å²) in [6, 6.07) is 8.34. The summed E-state index contributed by atoms with van der Waals surface area (Å²) < 4.78 is 3.26. The third-order valence-electron chi connectivity index (χ3n) is 2.82. The Bertz CT molecular complexity index is 533. The lowest BCUT2D eigenvalue weighted by molar-refractivity contribution is -0.120. The molecule has 0 saturated carbocycles. The van der Waals surface area contributed by atoms with Crippen molar-refractivity contribution in [2.24, 2.45) is 0 Å². The number of benzene rings is 1. The molecule has 0 unspecified atom stereocenters. The van der Waals surface area contributed by atoms with Gasteiger partial charge in [-0.25, -0.2) is 0 Å². The number of carbonyl (C=O) groups excluding carboxylic acids is 1. The Morgan fingerprint density at radius 3 is 3.00 bits per heavy atom. The third kappa shape index (κ3) is 2.88. The number of amides is 1. The minimum absolute atomic E-state index is 0.0997. The second-order valence-corrected chi connectivity index (χ2v) is 4.90. The van der Waals surface area contributed by atoms with Crippen LogP contribution >= 0.6 is 15.9 Å². The molecule has 2 rings (SSSR count). The molecule has 0 aliphatic rings.